The number of thiophene rings is 1. The van der Waals surface area contributed by atoms with Crippen molar-refractivity contribution in [3.8, 4) is 0 Å². The SMILES string of the molecule is CCc1ccc(CNC(=NCC(=O)N(C)C)NCCCN2CCOCC2)s1.I. The fourth-order valence-corrected chi connectivity index (χ4v) is 3.57. The fourth-order valence-electron chi connectivity index (χ4n) is 2.67. The molecule has 1 aliphatic heterocycles. The number of rotatable bonds is 9. The summed E-state index contributed by atoms with van der Waals surface area (Å²) in [6.07, 6.45) is 2.09. The predicted octanol–water partition coefficient (Wildman–Crippen LogP) is 1.77. The smallest absolute Gasteiger partial charge is 0.243 e. The zero-order valence-corrected chi connectivity index (χ0v) is 20.3. The van der Waals surface area contributed by atoms with E-state index in [4.69, 9.17) is 4.74 Å². The number of guanidine groups is 1. The van der Waals surface area contributed by atoms with Crippen LogP contribution in [0, 0.1) is 0 Å². The number of morpholine rings is 1. The van der Waals surface area contributed by atoms with Gasteiger partial charge in [-0.3, -0.25) is 9.69 Å². The predicted molar refractivity (Wildman–Crippen MR) is 127 cm³/mol. The number of carbonyl (C=O) groups excluding carboxylic acids is 1. The topological polar surface area (TPSA) is 69.2 Å². The van der Waals surface area contributed by atoms with Crippen LogP contribution >= 0.6 is 35.3 Å². The van der Waals surface area contributed by atoms with Gasteiger partial charge in [0.1, 0.15) is 6.54 Å². The van der Waals surface area contributed by atoms with Gasteiger partial charge in [-0.25, -0.2) is 4.99 Å². The Morgan fingerprint density at radius 2 is 1.96 bits per heavy atom. The molecular formula is C19H34IN5O2S. The number of ether oxygens (including phenoxy) is 1. The average molecular weight is 523 g/mol. The summed E-state index contributed by atoms with van der Waals surface area (Å²) in [4.78, 5) is 22.9. The van der Waals surface area contributed by atoms with Crippen LogP contribution in [0.5, 0.6) is 0 Å². The van der Waals surface area contributed by atoms with Gasteiger partial charge in [0.25, 0.3) is 0 Å². The Labute approximate surface area is 189 Å². The number of likely N-dealkylation sites (N-methyl/N-ethyl adjacent to an activating group) is 1. The van der Waals surface area contributed by atoms with Gasteiger partial charge in [0.2, 0.25) is 5.91 Å². The van der Waals surface area contributed by atoms with Crippen molar-refractivity contribution in [2.45, 2.75) is 26.3 Å². The van der Waals surface area contributed by atoms with Gasteiger partial charge in [0.05, 0.1) is 19.8 Å². The van der Waals surface area contributed by atoms with Crippen molar-refractivity contribution in [1.29, 1.82) is 0 Å². The molecule has 2 heterocycles. The molecule has 160 valence electrons. The lowest BCUT2D eigenvalue weighted by Gasteiger charge is -2.26. The van der Waals surface area contributed by atoms with E-state index in [2.05, 4.69) is 39.6 Å². The molecule has 1 aromatic rings. The van der Waals surface area contributed by atoms with E-state index in [0.717, 1.165) is 58.8 Å². The number of hydrogen-bond acceptors (Lipinski definition) is 5. The minimum Gasteiger partial charge on any atom is -0.379 e. The summed E-state index contributed by atoms with van der Waals surface area (Å²) in [5, 5.41) is 6.71. The maximum absolute atomic E-state index is 11.8. The van der Waals surface area contributed by atoms with Crippen molar-refractivity contribution < 1.29 is 9.53 Å². The molecule has 28 heavy (non-hydrogen) atoms. The van der Waals surface area contributed by atoms with Gasteiger partial charge < -0.3 is 20.3 Å². The van der Waals surface area contributed by atoms with E-state index in [1.165, 1.54) is 9.75 Å². The second kappa shape index (κ2) is 14.1. The quantitative estimate of drug-likeness (QED) is 0.224. The van der Waals surface area contributed by atoms with Crippen LogP contribution in [0.1, 0.15) is 23.1 Å². The first kappa shape index (κ1) is 25.1. The highest BCUT2D eigenvalue weighted by atomic mass is 127. The lowest BCUT2D eigenvalue weighted by atomic mass is 10.3. The molecule has 0 saturated carbocycles. The average Bonchev–Trinajstić information content (AvgIpc) is 3.15. The van der Waals surface area contributed by atoms with E-state index in [1.54, 1.807) is 19.0 Å². The summed E-state index contributed by atoms with van der Waals surface area (Å²) in [6, 6.07) is 4.32. The molecule has 2 rings (SSSR count). The molecule has 2 N–H and O–H groups in total. The number of carbonyl (C=O) groups is 1. The Morgan fingerprint density at radius 1 is 1.25 bits per heavy atom. The first-order valence-corrected chi connectivity index (χ1v) is 10.5. The molecule has 1 saturated heterocycles. The van der Waals surface area contributed by atoms with Gasteiger partial charge in [-0.05, 0) is 31.5 Å². The standard InChI is InChI=1S/C19H33N5O2S.HI/c1-4-16-6-7-17(27-16)14-21-19(22-15-18(25)23(2)3)20-8-5-9-24-10-12-26-13-11-24;/h6-7H,4-5,8-15H2,1-3H3,(H2,20,21,22);1H. The van der Waals surface area contributed by atoms with Crippen LogP contribution in [0.4, 0.5) is 0 Å². The largest absolute Gasteiger partial charge is 0.379 e. The summed E-state index contributed by atoms with van der Waals surface area (Å²) in [7, 11) is 3.50. The van der Waals surface area contributed by atoms with Crippen LogP contribution in [0.2, 0.25) is 0 Å². The first-order chi connectivity index (χ1) is 13.1. The molecule has 1 amide bonds. The van der Waals surface area contributed by atoms with Crippen molar-refractivity contribution in [2.75, 3.05) is 60.0 Å². The fraction of sp³-hybridized carbons (Fsp3) is 0.684. The third-order valence-corrected chi connectivity index (χ3v) is 5.64. The van der Waals surface area contributed by atoms with Crippen molar-refractivity contribution in [1.82, 2.24) is 20.4 Å². The number of nitrogens with zero attached hydrogens (tertiary/aromatic N) is 3. The van der Waals surface area contributed by atoms with E-state index in [1.807, 2.05) is 11.3 Å². The molecule has 7 nitrogen and oxygen atoms in total. The molecule has 9 heteroatoms. The lowest BCUT2D eigenvalue weighted by Crippen LogP contribution is -2.41. The molecule has 0 aromatic carbocycles. The molecule has 1 aliphatic rings. The number of aliphatic imine (C=N–C) groups is 1. The Hall–Kier alpha value is -0.910. The van der Waals surface area contributed by atoms with Crippen LogP contribution in [-0.2, 0) is 22.5 Å². The number of nitrogens with one attached hydrogen (secondary N) is 2. The number of halogens is 1. The minimum atomic E-state index is -0.00573. The Kier molecular flexibility index (Phi) is 12.7. The molecule has 0 unspecified atom stereocenters. The Morgan fingerprint density at radius 3 is 2.61 bits per heavy atom. The third kappa shape index (κ3) is 9.53. The maximum Gasteiger partial charge on any atom is 0.243 e. The van der Waals surface area contributed by atoms with E-state index in [9.17, 15) is 4.79 Å². The van der Waals surface area contributed by atoms with Gasteiger partial charge in [-0.1, -0.05) is 6.92 Å². The Balaban J connectivity index is 0.00000392. The van der Waals surface area contributed by atoms with Gasteiger partial charge in [-0.2, -0.15) is 0 Å². The van der Waals surface area contributed by atoms with Gasteiger partial charge in [0.15, 0.2) is 5.96 Å². The molecule has 0 spiro atoms. The number of amides is 1. The second-order valence-corrected chi connectivity index (χ2v) is 8.02. The third-order valence-electron chi connectivity index (χ3n) is 4.41. The van der Waals surface area contributed by atoms with Crippen molar-refractivity contribution in [3.63, 3.8) is 0 Å². The molecule has 0 radical (unpaired) electrons. The highest BCUT2D eigenvalue weighted by Crippen LogP contribution is 2.16. The van der Waals surface area contributed by atoms with E-state index in [-0.39, 0.29) is 36.4 Å². The Bertz CT molecular complexity index is 603. The van der Waals surface area contributed by atoms with Gasteiger partial charge >= 0.3 is 0 Å². The van der Waals surface area contributed by atoms with E-state index < -0.39 is 0 Å². The van der Waals surface area contributed by atoms with Crippen LogP contribution in [0.3, 0.4) is 0 Å². The van der Waals surface area contributed by atoms with Crippen LogP contribution in [0.15, 0.2) is 17.1 Å². The van der Waals surface area contributed by atoms with Crippen molar-refractivity contribution in [2.24, 2.45) is 4.99 Å². The summed E-state index contributed by atoms with van der Waals surface area (Å²) in [5.74, 6) is 0.687. The van der Waals surface area contributed by atoms with Crippen molar-refractivity contribution in [3.05, 3.63) is 21.9 Å². The van der Waals surface area contributed by atoms with Crippen LogP contribution in [0.25, 0.3) is 0 Å². The summed E-state index contributed by atoms with van der Waals surface area (Å²) < 4.78 is 5.38. The summed E-state index contributed by atoms with van der Waals surface area (Å²) in [5.41, 5.74) is 0. The van der Waals surface area contributed by atoms with Crippen LogP contribution in [-0.4, -0.2) is 81.7 Å². The second-order valence-electron chi connectivity index (χ2n) is 6.76. The normalized spacial score (nSPS) is 15.0. The van der Waals surface area contributed by atoms with Crippen LogP contribution < -0.4 is 10.6 Å². The molecule has 0 bridgehead atoms. The molecule has 0 atom stereocenters. The highest BCUT2D eigenvalue weighted by molar-refractivity contribution is 14.0. The van der Waals surface area contributed by atoms with E-state index >= 15 is 0 Å². The zero-order valence-electron chi connectivity index (χ0n) is 17.2. The van der Waals surface area contributed by atoms with E-state index in [0.29, 0.717) is 5.96 Å². The minimum absolute atomic E-state index is 0. The van der Waals surface area contributed by atoms with Gasteiger partial charge in [0, 0.05) is 43.5 Å². The number of aryl methyl sites for hydroxylation is 1. The maximum atomic E-state index is 11.8. The lowest BCUT2D eigenvalue weighted by molar-refractivity contribution is -0.127. The summed E-state index contributed by atoms with van der Waals surface area (Å²) in [6.45, 7) is 8.58. The molecule has 0 aliphatic carbocycles. The molecular weight excluding hydrogens is 489 g/mol. The zero-order chi connectivity index (χ0) is 19.5. The molecule has 1 aromatic heterocycles. The first-order valence-electron chi connectivity index (χ1n) is 9.68. The number of hydrogen-bond donors (Lipinski definition) is 2. The molecule has 1 fully saturated rings. The highest BCUT2D eigenvalue weighted by Gasteiger charge is 2.10. The summed E-state index contributed by atoms with van der Waals surface area (Å²) >= 11 is 1.81. The van der Waals surface area contributed by atoms with Gasteiger partial charge in [-0.15, -0.1) is 35.3 Å². The monoisotopic (exact) mass is 523 g/mol. The van der Waals surface area contributed by atoms with Crippen molar-refractivity contribution >= 4 is 47.2 Å².